The molecule has 1 aliphatic rings. The first-order valence-electron chi connectivity index (χ1n) is 6.82. The lowest BCUT2D eigenvalue weighted by Gasteiger charge is -2.37. The first-order chi connectivity index (χ1) is 8.69. The van der Waals surface area contributed by atoms with E-state index in [2.05, 4.69) is 49.1 Å². The summed E-state index contributed by atoms with van der Waals surface area (Å²) in [5.41, 5.74) is 7.27. The fourth-order valence-electron chi connectivity index (χ4n) is 2.79. The van der Waals surface area contributed by atoms with Gasteiger partial charge in [0.1, 0.15) is 0 Å². The van der Waals surface area contributed by atoms with Crippen LogP contribution in [0.1, 0.15) is 25.3 Å². The van der Waals surface area contributed by atoms with E-state index in [1.165, 1.54) is 5.56 Å². The van der Waals surface area contributed by atoms with Crippen molar-refractivity contribution in [2.45, 2.75) is 32.0 Å². The summed E-state index contributed by atoms with van der Waals surface area (Å²) in [7, 11) is 0. The van der Waals surface area contributed by atoms with Crippen molar-refractivity contribution in [1.82, 2.24) is 4.90 Å². The molecular weight excluding hydrogens is 224 g/mol. The molecular formula is C15H24N2O. The van der Waals surface area contributed by atoms with E-state index in [1.54, 1.807) is 0 Å². The van der Waals surface area contributed by atoms with Crippen LogP contribution < -0.4 is 5.73 Å². The summed E-state index contributed by atoms with van der Waals surface area (Å²) in [6.07, 6.45) is 0.644. The molecule has 18 heavy (non-hydrogen) atoms. The Balaban J connectivity index is 1.98. The van der Waals surface area contributed by atoms with Crippen LogP contribution in [0.5, 0.6) is 0 Å². The van der Waals surface area contributed by atoms with Crippen LogP contribution in [-0.2, 0) is 4.74 Å². The second kappa shape index (κ2) is 6.32. The Labute approximate surface area is 110 Å². The molecule has 0 saturated carbocycles. The van der Waals surface area contributed by atoms with Crippen LogP contribution in [0, 0.1) is 0 Å². The number of rotatable bonds is 4. The highest BCUT2D eigenvalue weighted by molar-refractivity contribution is 5.20. The van der Waals surface area contributed by atoms with E-state index in [-0.39, 0.29) is 0 Å². The molecule has 1 heterocycles. The van der Waals surface area contributed by atoms with Gasteiger partial charge in [0.2, 0.25) is 0 Å². The van der Waals surface area contributed by atoms with Crippen LogP contribution >= 0.6 is 0 Å². The summed E-state index contributed by atoms with van der Waals surface area (Å²) in [6, 6.07) is 10.6. The zero-order chi connectivity index (χ0) is 13.0. The Hall–Kier alpha value is -0.900. The molecule has 3 unspecified atom stereocenters. The molecule has 1 aliphatic heterocycles. The molecule has 1 aromatic rings. The molecule has 1 saturated heterocycles. The third-order valence-electron chi connectivity index (χ3n) is 3.53. The van der Waals surface area contributed by atoms with Gasteiger partial charge in [-0.25, -0.2) is 0 Å². The summed E-state index contributed by atoms with van der Waals surface area (Å²) >= 11 is 0. The van der Waals surface area contributed by atoms with Crippen LogP contribution in [0.15, 0.2) is 30.3 Å². The van der Waals surface area contributed by atoms with Gasteiger partial charge in [-0.05, 0) is 19.4 Å². The molecule has 3 heteroatoms. The van der Waals surface area contributed by atoms with Gasteiger partial charge in [0.25, 0.3) is 0 Å². The zero-order valence-corrected chi connectivity index (χ0v) is 11.4. The first kappa shape index (κ1) is 13.5. The van der Waals surface area contributed by atoms with Gasteiger partial charge in [-0.15, -0.1) is 0 Å². The Morgan fingerprint density at radius 3 is 2.39 bits per heavy atom. The summed E-state index contributed by atoms with van der Waals surface area (Å²) in [4.78, 5) is 2.48. The number of nitrogens with two attached hydrogens (primary N) is 1. The summed E-state index contributed by atoms with van der Waals surface area (Å²) in [5.74, 6) is 0.420. The summed E-state index contributed by atoms with van der Waals surface area (Å²) in [5, 5.41) is 0. The number of morpholine rings is 1. The molecule has 2 rings (SSSR count). The minimum Gasteiger partial charge on any atom is -0.373 e. The molecule has 0 amide bonds. The quantitative estimate of drug-likeness (QED) is 0.883. The molecule has 100 valence electrons. The first-order valence-corrected chi connectivity index (χ1v) is 6.82. The van der Waals surface area contributed by atoms with Crippen molar-refractivity contribution in [1.29, 1.82) is 0 Å². The van der Waals surface area contributed by atoms with Crippen molar-refractivity contribution in [3.05, 3.63) is 35.9 Å². The van der Waals surface area contributed by atoms with Gasteiger partial charge in [0, 0.05) is 32.1 Å². The Bertz CT molecular complexity index is 345. The van der Waals surface area contributed by atoms with E-state index in [0.717, 1.165) is 19.6 Å². The van der Waals surface area contributed by atoms with Crippen molar-refractivity contribution >= 4 is 0 Å². The van der Waals surface area contributed by atoms with Crippen LogP contribution in [0.3, 0.4) is 0 Å². The smallest absolute Gasteiger partial charge is 0.0678 e. The van der Waals surface area contributed by atoms with Crippen molar-refractivity contribution in [2.24, 2.45) is 5.73 Å². The van der Waals surface area contributed by atoms with E-state index >= 15 is 0 Å². The van der Waals surface area contributed by atoms with E-state index in [9.17, 15) is 0 Å². The monoisotopic (exact) mass is 248 g/mol. The zero-order valence-electron chi connectivity index (χ0n) is 11.4. The second-order valence-electron chi connectivity index (χ2n) is 5.32. The highest BCUT2D eigenvalue weighted by Gasteiger charge is 2.24. The lowest BCUT2D eigenvalue weighted by Crippen LogP contribution is -2.47. The van der Waals surface area contributed by atoms with Crippen molar-refractivity contribution < 1.29 is 4.74 Å². The molecule has 3 atom stereocenters. The third-order valence-corrected chi connectivity index (χ3v) is 3.53. The Morgan fingerprint density at radius 2 is 1.83 bits per heavy atom. The Morgan fingerprint density at radius 1 is 1.22 bits per heavy atom. The number of ether oxygens (including phenoxy) is 1. The number of nitrogens with zero attached hydrogens (tertiary/aromatic N) is 1. The number of hydrogen-bond donors (Lipinski definition) is 1. The van der Waals surface area contributed by atoms with Crippen molar-refractivity contribution in [2.75, 3.05) is 26.2 Å². The maximum absolute atomic E-state index is 5.93. The fourth-order valence-corrected chi connectivity index (χ4v) is 2.79. The molecule has 0 spiro atoms. The molecule has 3 nitrogen and oxygen atoms in total. The van der Waals surface area contributed by atoms with E-state index in [0.29, 0.717) is 24.7 Å². The number of benzene rings is 1. The van der Waals surface area contributed by atoms with Crippen molar-refractivity contribution in [3.63, 3.8) is 0 Å². The summed E-state index contributed by atoms with van der Waals surface area (Å²) in [6.45, 7) is 8.02. The van der Waals surface area contributed by atoms with Crippen molar-refractivity contribution in [3.8, 4) is 0 Å². The topological polar surface area (TPSA) is 38.5 Å². The van der Waals surface area contributed by atoms with Gasteiger partial charge in [0.05, 0.1) is 12.2 Å². The second-order valence-corrected chi connectivity index (χ2v) is 5.32. The maximum Gasteiger partial charge on any atom is 0.0678 e. The van der Waals surface area contributed by atoms with Gasteiger partial charge in [-0.2, -0.15) is 0 Å². The van der Waals surface area contributed by atoms with Gasteiger partial charge >= 0.3 is 0 Å². The van der Waals surface area contributed by atoms with Crippen LogP contribution in [0.2, 0.25) is 0 Å². The standard InChI is InChI=1S/C15H24N2O/c1-12-9-17(10-13(2)18-12)11-15(8-16)14-6-4-3-5-7-14/h3-7,12-13,15H,8-11,16H2,1-2H3. The highest BCUT2D eigenvalue weighted by atomic mass is 16.5. The average Bonchev–Trinajstić information content (AvgIpc) is 2.36. The predicted molar refractivity (Wildman–Crippen MR) is 74.7 cm³/mol. The normalized spacial score (nSPS) is 27.1. The van der Waals surface area contributed by atoms with Crippen LogP contribution in [0.4, 0.5) is 0 Å². The molecule has 0 radical (unpaired) electrons. The van der Waals surface area contributed by atoms with Crippen LogP contribution in [-0.4, -0.2) is 43.3 Å². The summed E-state index contributed by atoms with van der Waals surface area (Å²) < 4.78 is 5.76. The lowest BCUT2D eigenvalue weighted by molar-refractivity contribution is -0.0691. The van der Waals surface area contributed by atoms with E-state index in [1.807, 2.05) is 0 Å². The van der Waals surface area contributed by atoms with E-state index < -0.39 is 0 Å². The molecule has 0 aromatic heterocycles. The minimum atomic E-state index is 0.322. The molecule has 1 fully saturated rings. The van der Waals surface area contributed by atoms with Gasteiger partial charge in [0.15, 0.2) is 0 Å². The van der Waals surface area contributed by atoms with Gasteiger partial charge in [-0.3, -0.25) is 4.90 Å². The van der Waals surface area contributed by atoms with Gasteiger partial charge in [-0.1, -0.05) is 30.3 Å². The maximum atomic E-state index is 5.93. The molecule has 2 N–H and O–H groups in total. The van der Waals surface area contributed by atoms with Gasteiger partial charge < -0.3 is 10.5 Å². The highest BCUT2D eigenvalue weighted by Crippen LogP contribution is 2.19. The SMILES string of the molecule is CC1CN(CC(CN)c2ccccc2)CC(C)O1. The minimum absolute atomic E-state index is 0.322. The molecule has 1 aromatic carbocycles. The largest absolute Gasteiger partial charge is 0.373 e. The fraction of sp³-hybridized carbons (Fsp3) is 0.600. The molecule has 0 bridgehead atoms. The van der Waals surface area contributed by atoms with Crippen LogP contribution in [0.25, 0.3) is 0 Å². The third kappa shape index (κ3) is 3.55. The molecule has 0 aliphatic carbocycles. The van der Waals surface area contributed by atoms with E-state index in [4.69, 9.17) is 10.5 Å². The average molecular weight is 248 g/mol. The Kier molecular flexibility index (Phi) is 4.75. The number of hydrogen-bond acceptors (Lipinski definition) is 3. The lowest BCUT2D eigenvalue weighted by atomic mass is 9.98. The predicted octanol–water partition coefficient (Wildman–Crippen LogP) is 1.84.